The molecule has 0 aliphatic carbocycles. The Hall–Kier alpha value is -2.54. The van der Waals surface area contributed by atoms with Crippen LogP contribution in [-0.2, 0) is 23.9 Å². The van der Waals surface area contributed by atoms with Gasteiger partial charge in [-0.25, -0.2) is 0 Å². The number of halogens is 3. The van der Waals surface area contributed by atoms with Crippen LogP contribution in [0.3, 0.4) is 0 Å². The van der Waals surface area contributed by atoms with Crippen LogP contribution in [-0.4, -0.2) is 49.6 Å². The van der Waals surface area contributed by atoms with Gasteiger partial charge in [-0.05, 0) is 42.7 Å². The highest BCUT2D eigenvalue weighted by Gasteiger charge is 2.34. The van der Waals surface area contributed by atoms with Crippen molar-refractivity contribution < 1.29 is 22.9 Å². The molecule has 1 N–H and O–H groups in total. The third-order valence-electron chi connectivity index (χ3n) is 6.37. The van der Waals surface area contributed by atoms with Gasteiger partial charge in [-0.1, -0.05) is 30.3 Å². The van der Waals surface area contributed by atoms with Gasteiger partial charge in [0, 0.05) is 18.8 Å². The Kier molecular flexibility index (Phi) is 5.73. The Bertz CT molecular complexity index is 907. The molecule has 1 atom stereocenters. The fourth-order valence-corrected chi connectivity index (χ4v) is 4.50. The smallest absolute Gasteiger partial charge is 0.360 e. The number of nitrogens with zero attached hydrogens (tertiary/aromatic N) is 2. The van der Waals surface area contributed by atoms with Crippen molar-refractivity contribution in [1.82, 2.24) is 4.90 Å². The van der Waals surface area contributed by atoms with Gasteiger partial charge in [0.25, 0.3) is 5.91 Å². The van der Waals surface area contributed by atoms with Crippen LogP contribution in [0, 0.1) is 0 Å². The quantitative estimate of drug-likeness (QED) is 0.829. The van der Waals surface area contributed by atoms with Gasteiger partial charge in [0.2, 0.25) is 0 Å². The predicted octanol–water partition coefficient (Wildman–Crippen LogP) is 2.38. The predicted molar refractivity (Wildman–Crippen MR) is 109 cm³/mol. The van der Waals surface area contributed by atoms with Crippen LogP contribution in [0.5, 0.6) is 0 Å². The third-order valence-corrected chi connectivity index (χ3v) is 6.37. The molecule has 4 nitrogen and oxygen atoms in total. The van der Waals surface area contributed by atoms with Crippen LogP contribution in [0.2, 0.25) is 0 Å². The van der Waals surface area contributed by atoms with Crippen LogP contribution >= 0.6 is 0 Å². The number of amides is 1. The first-order valence-corrected chi connectivity index (χ1v) is 10.5. The van der Waals surface area contributed by atoms with Gasteiger partial charge in [0.05, 0.1) is 31.7 Å². The van der Waals surface area contributed by atoms with Crippen molar-refractivity contribution in [3.05, 3.63) is 65.2 Å². The molecule has 30 heavy (non-hydrogen) atoms. The van der Waals surface area contributed by atoms with E-state index < -0.39 is 11.7 Å². The van der Waals surface area contributed by atoms with Crippen molar-refractivity contribution in [2.45, 2.75) is 32.1 Å². The Balaban J connectivity index is 1.36. The van der Waals surface area contributed by atoms with Gasteiger partial charge < -0.3 is 14.7 Å². The van der Waals surface area contributed by atoms with Crippen LogP contribution in [0.4, 0.5) is 18.9 Å². The zero-order chi connectivity index (χ0) is 21.3. The molecule has 2 aromatic rings. The Morgan fingerprint density at radius 1 is 1.00 bits per heavy atom. The van der Waals surface area contributed by atoms with Crippen molar-refractivity contribution in [3.8, 4) is 0 Å². The molecule has 7 heteroatoms. The molecule has 0 spiro atoms. The van der Waals surface area contributed by atoms with Crippen molar-refractivity contribution in [1.29, 1.82) is 0 Å². The average Bonchev–Trinajstić information content (AvgIpc) is 2.77. The van der Waals surface area contributed by atoms with Crippen LogP contribution < -0.4 is 9.80 Å². The van der Waals surface area contributed by atoms with E-state index in [1.54, 1.807) is 6.07 Å². The minimum atomic E-state index is -4.34. The number of fused-ring (bicyclic) bond motifs is 1. The third kappa shape index (κ3) is 4.31. The summed E-state index contributed by atoms with van der Waals surface area (Å²) in [4.78, 5) is 18.2. The second-order valence-electron chi connectivity index (χ2n) is 8.19. The number of rotatable bonds is 3. The number of carbonyl (C=O) groups is 1. The molecule has 0 saturated carbocycles. The van der Waals surface area contributed by atoms with Gasteiger partial charge in [-0.3, -0.25) is 4.79 Å². The van der Waals surface area contributed by atoms with E-state index in [-0.39, 0.29) is 11.9 Å². The van der Waals surface area contributed by atoms with Crippen LogP contribution in [0.1, 0.15) is 23.6 Å². The second-order valence-corrected chi connectivity index (χ2v) is 8.19. The van der Waals surface area contributed by atoms with Gasteiger partial charge in [-0.15, -0.1) is 0 Å². The lowest BCUT2D eigenvalue weighted by Gasteiger charge is -2.38. The van der Waals surface area contributed by atoms with Crippen molar-refractivity contribution in [2.24, 2.45) is 0 Å². The van der Waals surface area contributed by atoms with Crippen LogP contribution in [0.25, 0.3) is 0 Å². The number of hydrogen-bond acceptors (Lipinski definition) is 2. The summed E-state index contributed by atoms with van der Waals surface area (Å²) in [6.45, 7) is 6.10. The summed E-state index contributed by atoms with van der Waals surface area (Å²) >= 11 is 0. The number of piperazine rings is 1. The molecule has 2 aliphatic rings. The second kappa shape index (κ2) is 8.30. The van der Waals surface area contributed by atoms with Crippen molar-refractivity contribution >= 4 is 11.6 Å². The number of hydrogen-bond donors (Lipinski definition) is 1. The highest BCUT2D eigenvalue weighted by atomic mass is 19.4. The average molecular weight is 418 g/mol. The lowest BCUT2D eigenvalue weighted by atomic mass is 9.99. The summed E-state index contributed by atoms with van der Waals surface area (Å²) in [6, 6.07) is 13.6. The number of alkyl halides is 3. The van der Waals surface area contributed by atoms with E-state index in [0.717, 1.165) is 32.1 Å². The number of benzene rings is 2. The van der Waals surface area contributed by atoms with Gasteiger partial charge >= 0.3 is 6.18 Å². The van der Waals surface area contributed by atoms with Gasteiger partial charge in [-0.2, -0.15) is 13.2 Å². The molecule has 1 saturated heterocycles. The zero-order valence-corrected chi connectivity index (χ0v) is 17.1. The lowest BCUT2D eigenvalue weighted by molar-refractivity contribution is -0.915. The van der Waals surface area contributed by atoms with Crippen molar-refractivity contribution in [2.75, 3.05) is 37.6 Å². The highest BCUT2D eigenvalue weighted by Crippen LogP contribution is 2.31. The molecule has 160 valence electrons. The van der Waals surface area contributed by atoms with E-state index in [0.29, 0.717) is 25.3 Å². The maximum Gasteiger partial charge on any atom is 0.416 e. The molecular formula is C23H27F3N3O+. The van der Waals surface area contributed by atoms with Gasteiger partial charge in [0.1, 0.15) is 0 Å². The van der Waals surface area contributed by atoms with Crippen LogP contribution in [0.15, 0.2) is 48.5 Å². The summed E-state index contributed by atoms with van der Waals surface area (Å²) in [6.07, 6.45) is -3.45. The Morgan fingerprint density at radius 3 is 2.40 bits per heavy atom. The summed E-state index contributed by atoms with van der Waals surface area (Å²) in [5.41, 5.74) is 2.50. The molecule has 2 aromatic carbocycles. The Labute approximate surface area is 174 Å². The van der Waals surface area contributed by atoms with E-state index in [1.165, 1.54) is 28.2 Å². The summed E-state index contributed by atoms with van der Waals surface area (Å²) < 4.78 is 39.0. The number of carbonyl (C=O) groups excluding carboxylic acids is 1. The van der Waals surface area contributed by atoms with Crippen molar-refractivity contribution in [3.63, 3.8) is 0 Å². The molecule has 2 heterocycles. The minimum Gasteiger partial charge on any atom is -0.360 e. The Morgan fingerprint density at radius 2 is 1.70 bits per heavy atom. The number of quaternary nitrogens is 1. The monoisotopic (exact) mass is 418 g/mol. The largest absolute Gasteiger partial charge is 0.416 e. The standard InChI is InChI=1S/C23H26F3N3O/c1-17(22(30)29-10-9-18-5-2-3-6-19(18)16-29)27-11-13-28(14-12-27)21-8-4-7-20(15-21)23(24,25)26/h2-8,15,17H,9-14,16H2,1H3/p+1/t17-/m1/s1. The molecule has 0 bridgehead atoms. The first kappa shape index (κ1) is 20.7. The molecule has 4 rings (SSSR count). The molecule has 0 unspecified atom stereocenters. The fraction of sp³-hybridized carbons (Fsp3) is 0.435. The topological polar surface area (TPSA) is 28.0 Å². The zero-order valence-electron chi connectivity index (χ0n) is 17.1. The highest BCUT2D eigenvalue weighted by molar-refractivity contribution is 5.80. The maximum atomic E-state index is 13.1. The molecular weight excluding hydrogens is 391 g/mol. The molecule has 0 aromatic heterocycles. The molecule has 2 aliphatic heterocycles. The summed E-state index contributed by atoms with van der Waals surface area (Å²) in [7, 11) is 0. The first-order valence-electron chi connectivity index (χ1n) is 10.5. The summed E-state index contributed by atoms with van der Waals surface area (Å²) in [5, 5.41) is 0. The van der Waals surface area contributed by atoms with Gasteiger partial charge in [0.15, 0.2) is 6.04 Å². The van der Waals surface area contributed by atoms with E-state index in [2.05, 4.69) is 12.1 Å². The first-order chi connectivity index (χ1) is 14.3. The maximum absolute atomic E-state index is 13.1. The van der Waals surface area contributed by atoms with E-state index in [4.69, 9.17) is 0 Å². The SMILES string of the molecule is C[C@H](C(=O)N1CCc2ccccc2C1)[NH+]1CCN(c2cccc(C(F)(F)F)c2)CC1. The lowest BCUT2D eigenvalue weighted by Crippen LogP contribution is -3.19. The van der Waals surface area contributed by atoms with E-state index in [1.807, 2.05) is 28.9 Å². The summed E-state index contributed by atoms with van der Waals surface area (Å²) in [5.74, 6) is 0.159. The molecule has 1 amide bonds. The minimum absolute atomic E-state index is 0.154. The number of nitrogens with one attached hydrogen (secondary N) is 1. The normalized spacial score (nSPS) is 18.8. The number of anilines is 1. The molecule has 1 fully saturated rings. The molecule has 0 radical (unpaired) electrons. The fourth-order valence-electron chi connectivity index (χ4n) is 4.50. The van der Waals surface area contributed by atoms with E-state index in [9.17, 15) is 18.0 Å². The van der Waals surface area contributed by atoms with E-state index >= 15 is 0 Å².